The zero-order chi connectivity index (χ0) is 14.7. The van der Waals surface area contributed by atoms with Gasteiger partial charge in [-0.15, -0.1) is 0 Å². The van der Waals surface area contributed by atoms with Gasteiger partial charge in [-0.3, -0.25) is 4.68 Å². The molecule has 1 aromatic carbocycles. The number of benzene rings is 1. The van der Waals surface area contributed by atoms with Gasteiger partial charge in [0, 0.05) is 11.8 Å². The second kappa shape index (κ2) is 6.13. The summed E-state index contributed by atoms with van der Waals surface area (Å²) in [5.74, 6) is -1.87. The number of ether oxygens (including phenoxy) is 1. The normalized spacial score (nSPS) is 10.6. The smallest absolute Gasteiger partial charge is 0.341 e. The highest BCUT2D eigenvalue weighted by atomic mass is 79.9. The molecule has 0 spiro atoms. The molecule has 0 radical (unpaired) electrons. The van der Waals surface area contributed by atoms with Gasteiger partial charge in [0.2, 0.25) is 0 Å². The number of aromatic nitrogens is 2. The molecule has 7 heteroatoms. The maximum Gasteiger partial charge on any atom is 0.341 e. The average molecular weight is 345 g/mol. The molecule has 2 aromatic rings. The third-order valence-corrected chi connectivity index (χ3v) is 3.22. The lowest BCUT2D eigenvalue weighted by atomic mass is 10.2. The predicted molar refractivity (Wildman–Crippen MR) is 71.3 cm³/mol. The summed E-state index contributed by atoms with van der Waals surface area (Å²) in [5.41, 5.74) is 0.112. The number of hydrogen-bond donors (Lipinski definition) is 0. The Kier molecular flexibility index (Phi) is 4.49. The molecule has 0 bridgehead atoms. The van der Waals surface area contributed by atoms with E-state index < -0.39 is 17.6 Å². The van der Waals surface area contributed by atoms with Crippen LogP contribution in [0.4, 0.5) is 8.78 Å². The van der Waals surface area contributed by atoms with Crippen molar-refractivity contribution in [3.8, 4) is 0 Å². The summed E-state index contributed by atoms with van der Waals surface area (Å²) < 4.78 is 33.7. The molecular weight excluding hydrogens is 334 g/mol. The molecule has 0 N–H and O–H groups in total. The van der Waals surface area contributed by atoms with Gasteiger partial charge in [-0.05, 0) is 35.0 Å². The Morgan fingerprint density at radius 3 is 2.90 bits per heavy atom. The first-order valence-corrected chi connectivity index (χ1v) is 6.64. The largest absolute Gasteiger partial charge is 0.462 e. The van der Waals surface area contributed by atoms with Crippen LogP contribution in [-0.2, 0) is 11.3 Å². The fourth-order valence-corrected chi connectivity index (χ4v) is 2.02. The Balaban J connectivity index is 2.23. The van der Waals surface area contributed by atoms with Crippen molar-refractivity contribution in [1.29, 1.82) is 0 Å². The van der Waals surface area contributed by atoms with Crippen molar-refractivity contribution in [3.05, 3.63) is 51.8 Å². The molecule has 0 saturated heterocycles. The summed E-state index contributed by atoms with van der Waals surface area (Å²) in [6.07, 6.45) is 2.68. The van der Waals surface area contributed by atoms with Crippen molar-refractivity contribution in [2.75, 3.05) is 6.61 Å². The molecule has 0 aliphatic rings. The molecule has 0 atom stereocenters. The maximum absolute atomic E-state index is 13.8. The molecular formula is C13H11BrF2N2O2. The fraction of sp³-hybridized carbons (Fsp3) is 0.231. The zero-order valence-electron chi connectivity index (χ0n) is 10.6. The van der Waals surface area contributed by atoms with Crippen LogP contribution < -0.4 is 0 Å². The molecule has 4 nitrogen and oxygen atoms in total. The molecule has 2 rings (SSSR count). The molecule has 0 unspecified atom stereocenters. The van der Waals surface area contributed by atoms with E-state index in [1.165, 1.54) is 23.1 Å². The first-order valence-electron chi connectivity index (χ1n) is 5.85. The van der Waals surface area contributed by atoms with E-state index in [-0.39, 0.29) is 28.8 Å². The number of nitrogens with zero attached hydrogens (tertiary/aromatic N) is 2. The molecule has 106 valence electrons. The van der Waals surface area contributed by atoms with Crippen LogP contribution >= 0.6 is 15.9 Å². The van der Waals surface area contributed by atoms with Gasteiger partial charge in [-0.25, -0.2) is 13.6 Å². The van der Waals surface area contributed by atoms with E-state index in [1.54, 1.807) is 6.92 Å². The quantitative estimate of drug-likeness (QED) is 0.632. The van der Waals surface area contributed by atoms with Gasteiger partial charge in [0.05, 0.1) is 29.4 Å². The van der Waals surface area contributed by atoms with Gasteiger partial charge in [0.1, 0.15) is 11.6 Å². The van der Waals surface area contributed by atoms with E-state index in [0.717, 1.165) is 6.07 Å². The van der Waals surface area contributed by atoms with E-state index in [2.05, 4.69) is 21.0 Å². The third kappa shape index (κ3) is 3.04. The van der Waals surface area contributed by atoms with E-state index in [1.807, 2.05) is 0 Å². The highest BCUT2D eigenvalue weighted by Gasteiger charge is 2.15. The molecule has 0 aliphatic heterocycles. The highest BCUT2D eigenvalue weighted by molar-refractivity contribution is 9.10. The number of hydrogen-bond acceptors (Lipinski definition) is 3. The van der Waals surface area contributed by atoms with E-state index in [4.69, 9.17) is 4.74 Å². The van der Waals surface area contributed by atoms with Crippen molar-refractivity contribution in [2.24, 2.45) is 0 Å². The molecule has 0 fully saturated rings. The Morgan fingerprint density at radius 2 is 2.20 bits per heavy atom. The second-order valence-corrected chi connectivity index (χ2v) is 4.82. The molecule has 1 aromatic heterocycles. The lowest BCUT2D eigenvalue weighted by Crippen LogP contribution is -2.06. The van der Waals surface area contributed by atoms with Crippen LogP contribution in [0.2, 0.25) is 0 Å². The van der Waals surface area contributed by atoms with Crippen LogP contribution in [0.3, 0.4) is 0 Å². The van der Waals surface area contributed by atoms with Crippen molar-refractivity contribution < 1.29 is 18.3 Å². The molecule has 0 aliphatic carbocycles. The zero-order valence-corrected chi connectivity index (χ0v) is 12.2. The lowest BCUT2D eigenvalue weighted by Gasteiger charge is -2.06. The highest BCUT2D eigenvalue weighted by Crippen LogP contribution is 2.22. The number of rotatable bonds is 4. The summed E-state index contributed by atoms with van der Waals surface area (Å²) in [5, 5.41) is 3.89. The second-order valence-electron chi connectivity index (χ2n) is 3.97. The first kappa shape index (κ1) is 14.6. The summed E-state index contributed by atoms with van der Waals surface area (Å²) in [6.45, 7) is 1.82. The van der Waals surface area contributed by atoms with E-state index in [0.29, 0.717) is 0 Å². The van der Waals surface area contributed by atoms with Gasteiger partial charge >= 0.3 is 5.97 Å². The Labute approximate surface area is 122 Å². The van der Waals surface area contributed by atoms with Crippen LogP contribution in [0.15, 0.2) is 29.0 Å². The minimum Gasteiger partial charge on any atom is -0.462 e. The van der Waals surface area contributed by atoms with Gasteiger partial charge in [0.15, 0.2) is 0 Å². The molecule has 0 amide bonds. The van der Waals surface area contributed by atoms with Crippen LogP contribution in [0.25, 0.3) is 0 Å². The summed E-state index contributed by atoms with van der Waals surface area (Å²) in [4.78, 5) is 11.5. The van der Waals surface area contributed by atoms with Crippen LogP contribution in [0, 0.1) is 11.6 Å². The number of carbonyl (C=O) groups excluding carboxylic acids is 1. The van der Waals surface area contributed by atoms with E-state index in [9.17, 15) is 13.6 Å². The van der Waals surface area contributed by atoms with Gasteiger partial charge < -0.3 is 4.74 Å². The lowest BCUT2D eigenvalue weighted by molar-refractivity contribution is 0.0526. The Morgan fingerprint density at radius 1 is 1.45 bits per heavy atom. The Bertz CT molecular complexity index is 643. The standard InChI is InChI=1S/C13H11BrF2N2O2/c1-2-20-13(19)8-5-17-18(6-8)7-9-11(15)4-3-10(14)12(9)16/h3-6H,2,7H2,1H3. The first-order chi connectivity index (χ1) is 9.52. The average Bonchev–Trinajstić information content (AvgIpc) is 2.88. The predicted octanol–water partition coefficient (Wildman–Crippen LogP) is 3.15. The number of carbonyl (C=O) groups is 1. The fourth-order valence-electron chi connectivity index (χ4n) is 1.65. The maximum atomic E-state index is 13.8. The van der Waals surface area contributed by atoms with Crippen LogP contribution in [0.1, 0.15) is 22.8 Å². The third-order valence-electron chi connectivity index (χ3n) is 2.60. The summed E-state index contributed by atoms with van der Waals surface area (Å²) in [6, 6.07) is 2.46. The minimum absolute atomic E-state index is 0.115. The minimum atomic E-state index is -0.682. The van der Waals surface area contributed by atoms with Crippen LogP contribution in [0.5, 0.6) is 0 Å². The number of esters is 1. The number of halogens is 3. The van der Waals surface area contributed by atoms with E-state index >= 15 is 0 Å². The topological polar surface area (TPSA) is 44.1 Å². The van der Waals surface area contributed by atoms with Gasteiger partial charge in [-0.1, -0.05) is 0 Å². The molecule has 0 saturated carbocycles. The van der Waals surface area contributed by atoms with Crippen molar-refractivity contribution in [1.82, 2.24) is 9.78 Å². The summed E-state index contributed by atoms with van der Waals surface area (Å²) >= 11 is 3.00. The Hall–Kier alpha value is -1.76. The van der Waals surface area contributed by atoms with Crippen molar-refractivity contribution >= 4 is 21.9 Å². The van der Waals surface area contributed by atoms with Gasteiger partial charge in [-0.2, -0.15) is 5.10 Å². The molecule has 1 heterocycles. The van der Waals surface area contributed by atoms with Gasteiger partial charge in [0.25, 0.3) is 0 Å². The monoisotopic (exact) mass is 344 g/mol. The SMILES string of the molecule is CCOC(=O)c1cnn(Cc2c(F)ccc(Br)c2F)c1. The van der Waals surface area contributed by atoms with Crippen molar-refractivity contribution in [2.45, 2.75) is 13.5 Å². The summed E-state index contributed by atoms with van der Waals surface area (Å²) in [7, 11) is 0. The molecule has 20 heavy (non-hydrogen) atoms. The van der Waals surface area contributed by atoms with Crippen LogP contribution in [-0.4, -0.2) is 22.4 Å². The van der Waals surface area contributed by atoms with Crippen molar-refractivity contribution in [3.63, 3.8) is 0 Å².